The van der Waals surface area contributed by atoms with Crippen molar-refractivity contribution in [2.24, 2.45) is 0 Å². The van der Waals surface area contributed by atoms with Gasteiger partial charge in [0.2, 0.25) is 0 Å². The number of anilines is 1. The molecule has 2 heterocycles. The van der Waals surface area contributed by atoms with E-state index in [0.717, 1.165) is 10.6 Å². The van der Waals surface area contributed by atoms with Crippen molar-refractivity contribution in [2.75, 3.05) is 12.4 Å². The van der Waals surface area contributed by atoms with Crippen LogP contribution in [0.2, 0.25) is 0 Å². The third-order valence-corrected chi connectivity index (χ3v) is 3.26. The molecule has 2 aromatic heterocycles. The zero-order valence-corrected chi connectivity index (χ0v) is 10.8. The van der Waals surface area contributed by atoms with Crippen LogP contribution in [0.5, 0.6) is 0 Å². The molecule has 18 heavy (non-hydrogen) atoms. The molecule has 1 N–H and O–H groups in total. The molecule has 0 aliphatic rings. The highest BCUT2D eigenvalue weighted by atomic mass is 32.1. The monoisotopic (exact) mass is 264 g/mol. The van der Waals surface area contributed by atoms with Crippen LogP contribution in [0.1, 0.15) is 21.1 Å². The van der Waals surface area contributed by atoms with Gasteiger partial charge in [-0.3, -0.25) is 0 Å². The summed E-state index contributed by atoms with van der Waals surface area (Å²) >= 11 is 1.58. The quantitative estimate of drug-likeness (QED) is 0.846. The zero-order chi connectivity index (χ0) is 13.0. The van der Waals surface area contributed by atoms with Crippen molar-refractivity contribution in [3.05, 3.63) is 34.2 Å². The Balaban J connectivity index is 1.98. The van der Waals surface area contributed by atoms with Gasteiger partial charge in [0.25, 0.3) is 0 Å². The molecule has 94 valence electrons. The maximum absolute atomic E-state index is 11.2. The Labute approximate surface area is 108 Å². The van der Waals surface area contributed by atoms with Crippen molar-refractivity contribution in [2.45, 2.75) is 13.5 Å². The molecular formula is C11H12N4O2S. The van der Waals surface area contributed by atoms with Gasteiger partial charge in [0.1, 0.15) is 5.82 Å². The number of nitrogens with zero attached hydrogens (tertiary/aromatic N) is 3. The van der Waals surface area contributed by atoms with Gasteiger partial charge < -0.3 is 10.1 Å². The fraction of sp³-hybridized carbons (Fsp3) is 0.273. The highest BCUT2D eigenvalue weighted by Crippen LogP contribution is 2.13. The van der Waals surface area contributed by atoms with E-state index in [9.17, 15) is 4.79 Å². The standard InChI is InChI=1S/C11H12N4O2S/c1-7-9(18-6-15-7)4-14-10-5-12-8(3-13-10)11(16)17-2/h3,5-6H,4H2,1-2H3,(H,13,14). The highest BCUT2D eigenvalue weighted by molar-refractivity contribution is 7.09. The molecule has 0 saturated heterocycles. The number of carbonyl (C=O) groups is 1. The molecular weight excluding hydrogens is 252 g/mol. The fourth-order valence-electron chi connectivity index (χ4n) is 1.30. The second-order valence-corrected chi connectivity index (χ2v) is 4.43. The lowest BCUT2D eigenvalue weighted by molar-refractivity contribution is 0.0593. The van der Waals surface area contributed by atoms with E-state index in [0.29, 0.717) is 12.4 Å². The number of nitrogens with one attached hydrogen (secondary N) is 1. The second-order valence-electron chi connectivity index (χ2n) is 3.49. The lowest BCUT2D eigenvalue weighted by Crippen LogP contribution is -2.07. The van der Waals surface area contributed by atoms with Crippen LogP contribution in [-0.4, -0.2) is 28.0 Å². The summed E-state index contributed by atoms with van der Waals surface area (Å²) in [6.07, 6.45) is 2.89. The molecule has 6 nitrogen and oxygen atoms in total. The first-order valence-electron chi connectivity index (χ1n) is 5.24. The zero-order valence-electron chi connectivity index (χ0n) is 10.0. The molecule has 0 atom stereocenters. The summed E-state index contributed by atoms with van der Waals surface area (Å²) in [5.41, 5.74) is 3.00. The maximum atomic E-state index is 11.2. The van der Waals surface area contributed by atoms with Crippen LogP contribution < -0.4 is 5.32 Å². The lowest BCUT2D eigenvalue weighted by Gasteiger charge is -2.04. The van der Waals surface area contributed by atoms with Gasteiger partial charge in [-0.15, -0.1) is 11.3 Å². The van der Waals surface area contributed by atoms with E-state index < -0.39 is 5.97 Å². The predicted octanol–water partition coefficient (Wildman–Crippen LogP) is 1.64. The largest absolute Gasteiger partial charge is 0.464 e. The Bertz CT molecular complexity index is 538. The van der Waals surface area contributed by atoms with Gasteiger partial charge in [-0.05, 0) is 6.92 Å². The molecule has 0 fully saturated rings. The van der Waals surface area contributed by atoms with Crippen LogP contribution in [0, 0.1) is 6.92 Å². The van der Waals surface area contributed by atoms with E-state index in [1.807, 2.05) is 6.92 Å². The van der Waals surface area contributed by atoms with Crippen molar-refractivity contribution in [3.63, 3.8) is 0 Å². The molecule has 0 unspecified atom stereocenters. The van der Waals surface area contributed by atoms with Gasteiger partial charge >= 0.3 is 5.97 Å². The van der Waals surface area contributed by atoms with Gasteiger partial charge in [-0.1, -0.05) is 0 Å². The molecule has 7 heteroatoms. The Hall–Kier alpha value is -2.02. The third kappa shape index (κ3) is 2.80. The van der Waals surface area contributed by atoms with Crippen LogP contribution >= 0.6 is 11.3 Å². The minimum absolute atomic E-state index is 0.192. The molecule has 0 aliphatic heterocycles. The molecule has 0 saturated carbocycles. The van der Waals surface area contributed by atoms with E-state index >= 15 is 0 Å². The summed E-state index contributed by atoms with van der Waals surface area (Å²) in [6, 6.07) is 0. The van der Waals surface area contributed by atoms with Crippen molar-refractivity contribution in [1.29, 1.82) is 0 Å². The van der Waals surface area contributed by atoms with E-state index in [1.54, 1.807) is 16.8 Å². The molecule has 0 radical (unpaired) electrons. The SMILES string of the molecule is COC(=O)c1cnc(NCc2scnc2C)cn1. The van der Waals surface area contributed by atoms with Gasteiger partial charge in [0, 0.05) is 4.88 Å². The predicted molar refractivity (Wildman–Crippen MR) is 67.5 cm³/mol. The number of aryl methyl sites for hydroxylation is 1. The number of hydrogen-bond acceptors (Lipinski definition) is 7. The number of aromatic nitrogens is 3. The van der Waals surface area contributed by atoms with E-state index in [1.165, 1.54) is 19.5 Å². The minimum Gasteiger partial charge on any atom is -0.464 e. The fourth-order valence-corrected chi connectivity index (χ4v) is 2.01. The van der Waals surface area contributed by atoms with Crippen molar-refractivity contribution < 1.29 is 9.53 Å². The molecule has 0 aromatic carbocycles. The topological polar surface area (TPSA) is 77.0 Å². The van der Waals surface area contributed by atoms with Crippen LogP contribution in [0.25, 0.3) is 0 Å². The normalized spacial score (nSPS) is 10.1. The molecule has 2 aromatic rings. The Morgan fingerprint density at radius 1 is 1.39 bits per heavy atom. The highest BCUT2D eigenvalue weighted by Gasteiger charge is 2.07. The third-order valence-electron chi connectivity index (χ3n) is 2.32. The average Bonchev–Trinajstić information content (AvgIpc) is 2.81. The van der Waals surface area contributed by atoms with Gasteiger partial charge in [0.05, 0.1) is 37.3 Å². The van der Waals surface area contributed by atoms with Crippen LogP contribution in [0.15, 0.2) is 17.9 Å². The number of hydrogen-bond donors (Lipinski definition) is 1. The van der Waals surface area contributed by atoms with E-state index in [4.69, 9.17) is 0 Å². The lowest BCUT2D eigenvalue weighted by atomic mass is 10.4. The Morgan fingerprint density at radius 2 is 2.22 bits per heavy atom. The van der Waals surface area contributed by atoms with Gasteiger partial charge in [0.15, 0.2) is 5.69 Å². The number of esters is 1. The molecule has 0 aliphatic carbocycles. The van der Waals surface area contributed by atoms with Crippen molar-refractivity contribution in [1.82, 2.24) is 15.0 Å². The first-order valence-corrected chi connectivity index (χ1v) is 6.12. The Morgan fingerprint density at radius 3 is 2.78 bits per heavy atom. The van der Waals surface area contributed by atoms with Crippen molar-refractivity contribution >= 4 is 23.1 Å². The molecule has 0 spiro atoms. The minimum atomic E-state index is -0.493. The van der Waals surface area contributed by atoms with Crippen LogP contribution in [0.3, 0.4) is 0 Å². The molecule has 0 bridgehead atoms. The van der Waals surface area contributed by atoms with Gasteiger partial charge in [-0.2, -0.15) is 0 Å². The summed E-state index contributed by atoms with van der Waals surface area (Å²) < 4.78 is 4.54. The first-order chi connectivity index (χ1) is 8.70. The second kappa shape index (κ2) is 5.54. The Kier molecular flexibility index (Phi) is 3.83. The number of methoxy groups -OCH3 is 1. The first kappa shape index (κ1) is 12.4. The number of carbonyl (C=O) groups excluding carboxylic acids is 1. The summed E-state index contributed by atoms with van der Waals surface area (Å²) in [7, 11) is 1.31. The number of ether oxygens (including phenoxy) is 1. The van der Waals surface area contributed by atoms with E-state index in [2.05, 4.69) is 25.0 Å². The maximum Gasteiger partial charge on any atom is 0.358 e. The summed E-state index contributed by atoms with van der Waals surface area (Å²) in [6.45, 7) is 2.60. The van der Waals surface area contributed by atoms with Crippen LogP contribution in [0.4, 0.5) is 5.82 Å². The van der Waals surface area contributed by atoms with Crippen LogP contribution in [-0.2, 0) is 11.3 Å². The van der Waals surface area contributed by atoms with E-state index in [-0.39, 0.29) is 5.69 Å². The average molecular weight is 264 g/mol. The smallest absolute Gasteiger partial charge is 0.358 e. The van der Waals surface area contributed by atoms with Gasteiger partial charge in [-0.25, -0.2) is 19.7 Å². The summed E-state index contributed by atoms with van der Waals surface area (Å²) in [5, 5.41) is 3.12. The number of thiazole rings is 1. The molecule has 0 amide bonds. The summed E-state index contributed by atoms with van der Waals surface area (Å²) in [5.74, 6) is 0.114. The van der Waals surface area contributed by atoms with Crippen molar-refractivity contribution in [3.8, 4) is 0 Å². The summed E-state index contributed by atoms with van der Waals surface area (Å²) in [4.78, 5) is 24.5. The molecule has 2 rings (SSSR count). The number of rotatable bonds is 4.